The number of fused-ring (bicyclic) bond motifs is 1. The Bertz CT molecular complexity index is 916. The summed E-state index contributed by atoms with van der Waals surface area (Å²) in [5, 5.41) is 2.49. The zero-order valence-electron chi connectivity index (χ0n) is 12.7. The molecule has 4 nitrogen and oxygen atoms in total. The number of carbonyl (C=O) groups is 2. The minimum absolute atomic E-state index is 0.0493. The molecule has 0 radical (unpaired) electrons. The lowest BCUT2D eigenvalue weighted by molar-refractivity contribution is 0.0477. The summed E-state index contributed by atoms with van der Waals surface area (Å²) in [6.07, 6.45) is 0. The third kappa shape index (κ3) is 3.14. The number of hydrogen-bond acceptors (Lipinski definition) is 5. The van der Waals surface area contributed by atoms with Gasteiger partial charge in [0.15, 0.2) is 24.0 Å². The maximum Gasteiger partial charge on any atom is 0.340 e. The molecule has 0 aliphatic rings. The number of esters is 1. The number of rotatable bonds is 5. The standard InChI is InChI=1S/C18H13FO4S/c1-22-16-7-6-11(8-14(16)19)15(20)9-23-18(21)13-10-24-17-5-3-2-4-12(13)17/h2-8,10H,9H2,1H3. The third-order valence-corrected chi connectivity index (χ3v) is 4.47. The molecule has 3 rings (SSSR count). The summed E-state index contributed by atoms with van der Waals surface area (Å²) >= 11 is 1.43. The molecule has 0 aliphatic heterocycles. The Morgan fingerprint density at radius 3 is 2.71 bits per heavy atom. The maximum absolute atomic E-state index is 13.6. The Morgan fingerprint density at radius 1 is 1.17 bits per heavy atom. The molecule has 0 spiro atoms. The maximum atomic E-state index is 13.6. The van der Waals surface area contributed by atoms with Gasteiger partial charge in [0.25, 0.3) is 0 Å². The van der Waals surface area contributed by atoms with Crippen molar-refractivity contribution in [2.24, 2.45) is 0 Å². The Hall–Kier alpha value is -2.73. The van der Waals surface area contributed by atoms with Gasteiger partial charge in [-0.2, -0.15) is 0 Å². The number of methoxy groups -OCH3 is 1. The van der Waals surface area contributed by atoms with Gasteiger partial charge in [-0.25, -0.2) is 9.18 Å². The van der Waals surface area contributed by atoms with E-state index in [1.54, 1.807) is 5.38 Å². The Labute approximate surface area is 141 Å². The number of benzene rings is 2. The van der Waals surface area contributed by atoms with Crippen molar-refractivity contribution in [1.29, 1.82) is 0 Å². The fourth-order valence-electron chi connectivity index (χ4n) is 2.27. The highest BCUT2D eigenvalue weighted by molar-refractivity contribution is 7.17. The van der Waals surface area contributed by atoms with Crippen LogP contribution in [-0.4, -0.2) is 25.5 Å². The van der Waals surface area contributed by atoms with E-state index in [1.165, 1.54) is 30.6 Å². The van der Waals surface area contributed by atoms with Gasteiger partial charge >= 0.3 is 5.97 Å². The monoisotopic (exact) mass is 344 g/mol. The van der Waals surface area contributed by atoms with Gasteiger partial charge < -0.3 is 9.47 Å². The van der Waals surface area contributed by atoms with Gasteiger partial charge in [-0.3, -0.25) is 4.79 Å². The minimum Gasteiger partial charge on any atom is -0.494 e. The van der Waals surface area contributed by atoms with E-state index in [0.717, 1.165) is 16.2 Å². The van der Waals surface area contributed by atoms with Crippen molar-refractivity contribution in [1.82, 2.24) is 0 Å². The molecule has 0 amide bonds. The molecule has 0 saturated heterocycles. The quantitative estimate of drug-likeness (QED) is 0.517. The van der Waals surface area contributed by atoms with E-state index in [9.17, 15) is 14.0 Å². The molecule has 0 atom stereocenters. The van der Waals surface area contributed by atoms with Crippen molar-refractivity contribution in [3.05, 3.63) is 64.8 Å². The summed E-state index contributed by atoms with van der Waals surface area (Å²) in [5.74, 6) is -1.65. The van der Waals surface area contributed by atoms with E-state index >= 15 is 0 Å². The molecule has 3 aromatic rings. The SMILES string of the molecule is COc1ccc(C(=O)COC(=O)c2csc3ccccc23)cc1F. The van der Waals surface area contributed by atoms with Gasteiger partial charge in [-0.15, -0.1) is 11.3 Å². The molecular weight excluding hydrogens is 331 g/mol. The molecular formula is C18H13FO4S. The second-order valence-electron chi connectivity index (χ2n) is 4.99. The number of Topliss-reactive ketones (excluding diaryl/α,β-unsaturated/α-hetero) is 1. The second kappa shape index (κ2) is 6.80. The predicted molar refractivity (Wildman–Crippen MR) is 89.4 cm³/mol. The molecule has 6 heteroatoms. The summed E-state index contributed by atoms with van der Waals surface area (Å²) in [6, 6.07) is 11.3. The summed E-state index contributed by atoms with van der Waals surface area (Å²) in [7, 11) is 1.34. The Morgan fingerprint density at radius 2 is 1.96 bits per heavy atom. The van der Waals surface area contributed by atoms with Gasteiger partial charge in [0.05, 0.1) is 12.7 Å². The van der Waals surface area contributed by atoms with Crippen molar-refractivity contribution in [2.75, 3.05) is 13.7 Å². The summed E-state index contributed by atoms with van der Waals surface area (Å²) in [6.45, 7) is -0.450. The fourth-order valence-corrected chi connectivity index (χ4v) is 3.20. The predicted octanol–water partition coefficient (Wildman–Crippen LogP) is 4.09. The summed E-state index contributed by atoms with van der Waals surface area (Å²) < 4.78 is 24.5. The first-order valence-corrected chi connectivity index (χ1v) is 7.98. The Kier molecular flexibility index (Phi) is 4.57. The van der Waals surface area contributed by atoms with Crippen LogP contribution in [-0.2, 0) is 4.74 Å². The van der Waals surface area contributed by atoms with Crippen molar-refractivity contribution in [3.63, 3.8) is 0 Å². The highest BCUT2D eigenvalue weighted by Crippen LogP contribution is 2.26. The number of hydrogen-bond donors (Lipinski definition) is 0. The van der Waals surface area contributed by atoms with E-state index in [0.29, 0.717) is 5.56 Å². The molecule has 0 aliphatic carbocycles. The normalized spacial score (nSPS) is 10.6. The lowest BCUT2D eigenvalue weighted by Gasteiger charge is -2.06. The first-order chi connectivity index (χ1) is 11.6. The zero-order chi connectivity index (χ0) is 17.1. The van der Waals surface area contributed by atoms with Crippen LogP contribution in [0, 0.1) is 5.82 Å². The van der Waals surface area contributed by atoms with E-state index < -0.39 is 24.2 Å². The largest absolute Gasteiger partial charge is 0.494 e. The molecule has 0 N–H and O–H groups in total. The lowest BCUT2D eigenvalue weighted by atomic mass is 10.1. The molecule has 0 bridgehead atoms. The molecule has 0 fully saturated rings. The van der Waals surface area contributed by atoms with Crippen molar-refractivity contribution in [2.45, 2.75) is 0 Å². The second-order valence-corrected chi connectivity index (χ2v) is 5.91. The van der Waals surface area contributed by atoms with Gasteiger partial charge in [-0.05, 0) is 24.3 Å². The van der Waals surface area contributed by atoms with Crippen LogP contribution in [0.15, 0.2) is 47.8 Å². The van der Waals surface area contributed by atoms with Crippen molar-refractivity contribution in [3.8, 4) is 5.75 Å². The van der Waals surface area contributed by atoms with Crippen LogP contribution < -0.4 is 4.74 Å². The van der Waals surface area contributed by atoms with E-state index in [2.05, 4.69) is 0 Å². The molecule has 2 aromatic carbocycles. The van der Waals surface area contributed by atoms with Crippen LogP contribution in [0.1, 0.15) is 20.7 Å². The van der Waals surface area contributed by atoms with Crippen molar-refractivity contribution >= 4 is 33.2 Å². The fraction of sp³-hybridized carbons (Fsp3) is 0.111. The lowest BCUT2D eigenvalue weighted by Crippen LogP contribution is -2.14. The number of carbonyl (C=O) groups excluding carboxylic acids is 2. The average Bonchev–Trinajstić information content (AvgIpc) is 3.03. The van der Waals surface area contributed by atoms with Gasteiger partial charge in [0, 0.05) is 21.0 Å². The summed E-state index contributed by atoms with van der Waals surface area (Å²) in [5.41, 5.74) is 0.542. The highest BCUT2D eigenvalue weighted by atomic mass is 32.1. The van der Waals surface area contributed by atoms with Gasteiger partial charge in [-0.1, -0.05) is 18.2 Å². The van der Waals surface area contributed by atoms with E-state index in [1.807, 2.05) is 24.3 Å². The first kappa shape index (κ1) is 16.1. The van der Waals surface area contributed by atoms with Crippen molar-refractivity contribution < 1.29 is 23.5 Å². The third-order valence-electron chi connectivity index (χ3n) is 3.51. The van der Waals surface area contributed by atoms with Crippen LogP contribution in [0.2, 0.25) is 0 Å². The topological polar surface area (TPSA) is 52.6 Å². The molecule has 0 saturated carbocycles. The van der Waals surface area contributed by atoms with Crippen LogP contribution in [0.4, 0.5) is 4.39 Å². The first-order valence-electron chi connectivity index (χ1n) is 7.10. The minimum atomic E-state index is -0.640. The Balaban J connectivity index is 1.70. The number of thiophene rings is 1. The molecule has 1 aromatic heterocycles. The number of halogens is 1. The van der Waals surface area contributed by atoms with Crippen LogP contribution in [0.3, 0.4) is 0 Å². The van der Waals surface area contributed by atoms with E-state index in [-0.39, 0.29) is 11.3 Å². The average molecular weight is 344 g/mol. The molecule has 1 heterocycles. The number of ketones is 1. The van der Waals surface area contributed by atoms with Crippen LogP contribution in [0.5, 0.6) is 5.75 Å². The van der Waals surface area contributed by atoms with Gasteiger partial charge in [0.1, 0.15) is 0 Å². The number of ether oxygens (including phenoxy) is 2. The van der Waals surface area contributed by atoms with Crippen LogP contribution in [0.25, 0.3) is 10.1 Å². The smallest absolute Gasteiger partial charge is 0.340 e. The van der Waals surface area contributed by atoms with Gasteiger partial charge in [0.2, 0.25) is 0 Å². The zero-order valence-corrected chi connectivity index (χ0v) is 13.6. The highest BCUT2D eigenvalue weighted by Gasteiger charge is 2.16. The van der Waals surface area contributed by atoms with E-state index in [4.69, 9.17) is 9.47 Å². The molecule has 122 valence electrons. The molecule has 24 heavy (non-hydrogen) atoms. The molecule has 0 unspecified atom stereocenters. The summed E-state index contributed by atoms with van der Waals surface area (Å²) in [4.78, 5) is 24.2. The van der Waals surface area contributed by atoms with Crippen LogP contribution >= 0.6 is 11.3 Å².